The second-order valence-corrected chi connectivity index (χ2v) is 6.34. The fourth-order valence-electron chi connectivity index (χ4n) is 2.95. The second kappa shape index (κ2) is 8.23. The highest BCUT2D eigenvalue weighted by molar-refractivity contribution is 4.80. The average Bonchev–Trinajstić information content (AvgIpc) is 3.22. The lowest BCUT2D eigenvalue weighted by Crippen LogP contribution is -2.48. The van der Waals surface area contributed by atoms with Gasteiger partial charge in [0.1, 0.15) is 0 Å². The Balaban J connectivity index is 1.48. The van der Waals surface area contributed by atoms with Crippen LogP contribution in [-0.2, 0) is 4.74 Å². The van der Waals surface area contributed by atoms with E-state index in [4.69, 9.17) is 4.74 Å². The molecule has 1 N–H and O–H groups in total. The van der Waals surface area contributed by atoms with E-state index in [1.54, 1.807) is 0 Å². The van der Waals surface area contributed by atoms with Gasteiger partial charge in [0.25, 0.3) is 0 Å². The highest BCUT2D eigenvalue weighted by Gasteiger charge is 2.24. The molecule has 2 rings (SSSR count). The van der Waals surface area contributed by atoms with Crippen molar-refractivity contribution >= 4 is 0 Å². The summed E-state index contributed by atoms with van der Waals surface area (Å²) in [7, 11) is 0. The predicted molar refractivity (Wildman–Crippen MR) is 80.6 cm³/mol. The lowest BCUT2D eigenvalue weighted by Gasteiger charge is -2.38. The van der Waals surface area contributed by atoms with E-state index < -0.39 is 0 Å². The third-order valence-electron chi connectivity index (χ3n) is 4.43. The summed E-state index contributed by atoms with van der Waals surface area (Å²) in [6, 6.07) is 1.54. The third-order valence-corrected chi connectivity index (χ3v) is 4.43. The van der Waals surface area contributed by atoms with Crippen molar-refractivity contribution in [3.8, 4) is 0 Å². The summed E-state index contributed by atoms with van der Waals surface area (Å²) in [6.07, 6.45) is 9.94. The van der Waals surface area contributed by atoms with Crippen molar-refractivity contribution in [3.05, 3.63) is 0 Å². The van der Waals surface area contributed by atoms with Crippen molar-refractivity contribution in [2.24, 2.45) is 0 Å². The van der Waals surface area contributed by atoms with Crippen molar-refractivity contribution in [3.63, 3.8) is 0 Å². The highest BCUT2D eigenvalue weighted by Crippen LogP contribution is 2.18. The fourth-order valence-corrected chi connectivity index (χ4v) is 2.95. The average molecular weight is 268 g/mol. The van der Waals surface area contributed by atoms with Gasteiger partial charge in [-0.1, -0.05) is 19.8 Å². The number of nitrogens with one attached hydrogen (secondary N) is 1. The van der Waals surface area contributed by atoms with Crippen LogP contribution in [0.4, 0.5) is 0 Å². The van der Waals surface area contributed by atoms with Crippen LogP contribution in [0.5, 0.6) is 0 Å². The largest absolute Gasteiger partial charge is 0.376 e. The molecule has 0 aromatic carbocycles. The summed E-state index contributed by atoms with van der Waals surface area (Å²) < 4.78 is 5.75. The SMILES string of the molecule is CCC1COC(C)CN1CCCCCCNC1CC1. The van der Waals surface area contributed by atoms with Crippen LogP contribution in [0.2, 0.25) is 0 Å². The zero-order chi connectivity index (χ0) is 13.5. The molecule has 3 nitrogen and oxygen atoms in total. The molecule has 0 spiro atoms. The first-order valence-electron chi connectivity index (χ1n) is 8.38. The topological polar surface area (TPSA) is 24.5 Å². The van der Waals surface area contributed by atoms with E-state index in [0.717, 1.165) is 19.2 Å². The molecule has 0 bridgehead atoms. The van der Waals surface area contributed by atoms with Crippen molar-refractivity contribution in [1.29, 1.82) is 0 Å². The first-order chi connectivity index (χ1) is 9.29. The molecule has 3 heteroatoms. The summed E-state index contributed by atoms with van der Waals surface area (Å²) >= 11 is 0. The minimum absolute atomic E-state index is 0.422. The Morgan fingerprint density at radius 3 is 2.68 bits per heavy atom. The molecule has 0 aromatic rings. The third kappa shape index (κ3) is 5.80. The number of rotatable bonds is 9. The van der Waals surface area contributed by atoms with E-state index in [2.05, 4.69) is 24.1 Å². The summed E-state index contributed by atoms with van der Waals surface area (Å²) in [5, 5.41) is 3.59. The fraction of sp³-hybridized carbons (Fsp3) is 1.00. The van der Waals surface area contributed by atoms with E-state index >= 15 is 0 Å². The molecule has 0 radical (unpaired) electrons. The van der Waals surface area contributed by atoms with E-state index in [9.17, 15) is 0 Å². The zero-order valence-electron chi connectivity index (χ0n) is 12.9. The quantitative estimate of drug-likeness (QED) is 0.651. The molecule has 2 fully saturated rings. The van der Waals surface area contributed by atoms with E-state index in [1.807, 2.05) is 0 Å². The molecule has 2 unspecified atom stereocenters. The molecule has 2 aliphatic rings. The first-order valence-corrected chi connectivity index (χ1v) is 8.38. The highest BCUT2D eigenvalue weighted by atomic mass is 16.5. The lowest BCUT2D eigenvalue weighted by molar-refractivity contribution is -0.0561. The molecule has 0 amide bonds. The van der Waals surface area contributed by atoms with Crippen molar-refractivity contribution in [2.75, 3.05) is 26.2 Å². The van der Waals surface area contributed by atoms with Crippen LogP contribution < -0.4 is 5.32 Å². The number of nitrogens with zero attached hydrogens (tertiary/aromatic N) is 1. The van der Waals surface area contributed by atoms with E-state index in [1.165, 1.54) is 58.0 Å². The number of ether oxygens (including phenoxy) is 1. The van der Waals surface area contributed by atoms with Crippen molar-refractivity contribution < 1.29 is 4.74 Å². The maximum absolute atomic E-state index is 5.75. The maximum atomic E-state index is 5.75. The second-order valence-electron chi connectivity index (χ2n) is 6.34. The number of morpholine rings is 1. The Hall–Kier alpha value is -0.120. The summed E-state index contributed by atoms with van der Waals surface area (Å²) in [4.78, 5) is 2.65. The van der Waals surface area contributed by atoms with Gasteiger partial charge in [0.2, 0.25) is 0 Å². The van der Waals surface area contributed by atoms with Gasteiger partial charge in [-0.05, 0) is 52.1 Å². The number of hydrogen-bond acceptors (Lipinski definition) is 3. The van der Waals surface area contributed by atoms with Crippen LogP contribution in [0.15, 0.2) is 0 Å². The van der Waals surface area contributed by atoms with Crippen LogP contribution in [0.25, 0.3) is 0 Å². The summed E-state index contributed by atoms with van der Waals surface area (Å²) in [6.45, 7) is 9.03. The van der Waals surface area contributed by atoms with E-state index in [-0.39, 0.29) is 0 Å². The molecule has 1 heterocycles. The summed E-state index contributed by atoms with van der Waals surface area (Å²) in [5.41, 5.74) is 0. The molecule has 1 aliphatic carbocycles. The van der Waals surface area contributed by atoms with Gasteiger partial charge >= 0.3 is 0 Å². The van der Waals surface area contributed by atoms with Gasteiger partial charge in [-0.15, -0.1) is 0 Å². The number of unbranched alkanes of at least 4 members (excludes halogenated alkanes) is 3. The standard InChI is InChI=1S/C16H32N2O/c1-3-16-13-19-14(2)12-18(16)11-7-5-4-6-10-17-15-8-9-15/h14-17H,3-13H2,1-2H3. The van der Waals surface area contributed by atoms with E-state index in [0.29, 0.717) is 12.1 Å². The van der Waals surface area contributed by atoms with Gasteiger partial charge in [-0.2, -0.15) is 0 Å². The molecule has 112 valence electrons. The van der Waals surface area contributed by atoms with Crippen LogP contribution in [-0.4, -0.2) is 49.3 Å². The molecule has 1 aliphatic heterocycles. The van der Waals surface area contributed by atoms with Gasteiger partial charge in [0.05, 0.1) is 12.7 Å². The molecular weight excluding hydrogens is 236 g/mol. The molecule has 2 atom stereocenters. The first kappa shape index (κ1) is 15.3. The minimum Gasteiger partial charge on any atom is -0.376 e. The van der Waals surface area contributed by atoms with Gasteiger partial charge < -0.3 is 10.1 Å². The minimum atomic E-state index is 0.422. The van der Waals surface area contributed by atoms with Crippen LogP contribution >= 0.6 is 0 Å². The van der Waals surface area contributed by atoms with Gasteiger partial charge in [-0.3, -0.25) is 4.90 Å². The molecule has 1 saturated heterocycles. The van der Waals surface area contributed by atoms with Crippen LogP contribution in [0.1, 0.15) is 58.8 Å². The van der Waals surface area contributed by atoms with Gasteiger partial charge in [0, 0.05) is 18.6 Å². The Kier molecular flexibility index (Phi) is 6.62. The van der Waals surface area contributed by atoms with Gasteiger partial charge in [0.15, 0.2) is 0 Å². The van der Waals surface area contributed by atoms with Crippen molar-refractivity contribution in [1.82, 2.24) is 10.2 Å². The zero-order valence-corrected chi connectivity index (χ0v) is 12.9. The number of hydrogen-bond donors (Lipinski definition) is 1. The molecule has 19 heavy (non-hydrogen) atoms. The lowest BCUT2D eigenvalue weighted by atomic mass is 10.1. The van der Waals surface area contributed by atoms with Crippen LogP contribution in [0.3, 0.4) is 0 Å². The molecule has 1 saturated carbocycles. The maximum Gasteiger partial charge on any atom is 0.0674 e. The Morgan fingerprint density at radius 1 is 1.16 bits per heavy atom. The predicted octanol–water partition coefficient (Wildman–Crippen LogP) is 2.80. The summed E-state index contributed by atoms with van der Waals surface area (Å²) in [5.74, 6) is 0. The Bertz CT molecular complexity index is 243. The molecule has 0 aromatic heterocycles. The van der Waals surface area contributed by atoms with Gasteiger partial charge in [-0.25, -0.2) is 0 Å². The Labute approximate surface area is 119 Å². The Morgan fingerprint density at radius 2 is 1.95 bits per heavy atom. The van der Waals surface area contributed by atoms with Crippen molar-refractivity contribution in [2.45, 2.75) is 77.0 Å². The van der Waals surface area contributed by atoms with Crippen LogP contribution in [0, 0.1) is 0 Å². The normalized spacial score (nSPS) is 28.7. The monoisotopic (exact) mass is 268 g/mol. The smallest absolute Gasteiger partial charge is 0.0674 e. The molecular formula is C16H32N2O.